The Morgan fingerprint density at radius 1 is 1.26 bits per heavy atom. The summed E-state index contributed by atoms with van der Waals surface area (Å²) in [6, 6.07) is 9.23. The van der Waals surface area contributed by atoms with Crippen LogP contribution in [0.15, 0.2) is 46.8 Å². The van der Waals surface area contributed by atoms with Crippen molar-refractivity contribution in [1.82, 2.24) is 9.36 Å². The lowest BCUT2D eigenvalue weighted by molar-refractivity contribution is -0.145. The molecule has 2 aromatic rings. The maximum atomic E-state index is 12.9. The molecule has 144 valence electrons. The molecule has 0 saturated heterocycles. The van der Waals surface area contributed by atoms with E-state index in [1.54, 1.807) is 18.7 Å². The zero-order valence-electron chi connectivity index (χ0n) is 15.9. The second-order valence-corrected chi connectivity index (χ2v) is 6.98. The molecule has 1 aliphatic carbocycles. The number of benzene rings is 1. The Morgan fingerprint density at radius 3 is 2.63 bits per heavy atom. The first kappa shape index (κ1) is 19.0. The van der Waals surface area contributed by atoms with E-state index in [0.717, 1.165) is 19.3 Å². The summed E-state index contributed by atoms with van der Waals surface area (Å²) >= 11 is 0. The SMILES string of the molecule is Cc1c(OC(CCC2=CCCCC2)C(=O)O)c(=O)n(-c2ccccc2)n1C. The zero-order valence-corrected chi connectivity index (χ0v) is 15.9. The number of carboxylic acids is 1. The Labute approximate surface area is 158 Å². The monoisotopic (exact) mass is 370 g/mol. The number of hydrogen-bond acceptors (Lipinski definition) is 3. The van der Waals surface area contributed by atoms with E-state index in [-0.39, 0.29) is 11.3 Å². The first-order chi connectivity index (χ1) is 13.0. The van der Waals surface area contributed by atoms with E-state index in [1.165, 1.54) is 16.7 Å². The number of carboxylic acid groups (broad SMARTS) is 1. The first-order valence-electron chi connectivity index (χ1n) is 9.40. The molecular formula is C21H26N2O4. The van der Waals surface area contributed by atoms with Crippen LogP contribution in [0, 0.1) is 6.92 Å². The minimum Gasteiger partial charge on any atom is -0.479 e. The second kappa shape index (κ2) is 8.29. The molecule has 1 N–H and O–H groups in total. The van der Waals surface area contributed by atoms with E-state index in [2.05, 4.69) is 6.08 Å². The molecule has 1 aliphatic rings. The van der Waals surface area contributed by atoms with Gasteiger partial charge in [0.2, 0.25) is 5.75 Å². The Balaban J connectivity index is 1.83. The summed E-state index contributed by atoms with van der Waals surface area (Å²) < 4.78 is 8.91. The van der Waals surface area contributed by atoms with Crippen molar-refractivity contribution in [2.24, 2.45) is 7.05 Å². The summed E-state index contributed by atoms with van der Waals surface area (Å²) in [6.45, 7) is 1.76. The Morgan fingerprint density at radius 2 is 2.00 bits per heavy atom. The number of allylic oxidation sites excluding steroid dienone is 2. The summed E-state index contributed by atoms with van der Waals surface area (Å²) in [4.78, 5) is 24.6. The molecule has 1 atom stereocenters. The van der Waals surface area contributed by atoms with Crippen LogP contribution in [0.1, 0.15) is 44.2 Å². The Bertz CT molecular complexity index is 893. The molecule has 1 aromatic heterocycles. The fourth-order valence-electron chi connectivity index (χ4n) is 3.50. The van der Waals surface area contributed by atoms with Crippen molar-refractivity contribution < 1.29 is 14.6 Å². The van der Waals surface area contributed by atoms with E-state index in [1.807, 2.05) is 30.3 Å². The van der Waals surface area contributed by atoms with Gasteiger partial charge in [0, 0.05) is 7.05 Å². The maximum Gasteiger partial charge on any atom is 0.344 e. The molecule has 0 fully saturated rings. The third-order valence-electron chi connectivity index (χ3n) is 5.15. The van der Waals surface area contributed by atoms with Crippen LogP contribution in [0.5, 0.6) is 5.75 Å². The van der Waals surface area contributed by atoms with Gasteiger partial charge in [-0.25, -0.2) is 9.48 Å². The number of aliphatic carboxylic acids is 1. The summed E-state index contributed by atoms with van der Waals surface area (Å²) in [7, 11) is 1.76. The van der Waals surface area contributed by atoms with E-state index in [4.69, 9.17) is 4.74 Å². The number of ether oxygens (including phenoxy) is 1. The molecule has 6 nitrogen and oxygen atoms in total. The van der Waals surface area contributed by atoms with Crippen LogP contribution in [0.2, 0.25) is 0 Å². The second-order valence-electron chi connectivity index (χ2n) is 6.98. The van der Waals surface area contributed by atoms with Crippen LogP contribution >= 0.6 is 0 Å². The topological polar surface area (TPSA) is 73.5 Å². The fourth-order valence-corrected chi connectivity index (χ4v) is 3.50. The minimum atomic E-state index is -1.04. The average Bonchev–Trinajstić information content (AvgIpc) is 2.89. The molecule has 0 bridgehead atoms. The predicted molar refractivity (Wildman–Crippen MR) is 104 cm³/mol. The standard InChI is InChI=1S/C21H26N2O4/c1-15-19(20(24)23(22(15)2)17-11-7-4-8-12-17)27-18(21(25)26)14-13-16-9-5-3-6-10-16/h4,7-9,11-12,18H,3,5-6,10,13-14H2,1-2H3,(H,25,26). The summed E-state index contributed by atoms with van der Waals surface area (Å²) in [5.74, 6) is -0.938. The van der Waals surface area contributed by atoms with Gasteiger partial charge in [-0.15, -0.1) is 0 Å². The van der Waals surface area contributed by atoms with Crippen molar-refractivity contribution in [1.29, 1.82) is 0 Å². The fraction of sp³-hybridized carbons (Fsp3) is 0.429. The average molecular weight is 370 g/mol. The van der Waals surface area contributed by atoms with E-state index >= 15 is 0 Å². The molecule has 6 heteroatoms. The summed E-state index contributed by atoms with van der Waals surface area (Å²) in [5.41, 5.74) is 2.26. The van der Waals surface area contributed by atoms with Crippen molar-refractivity contribution in [3.05, 3.63) is 58.0 Å². The van der Waals surface area contributed by atoms with Crippen LogP contribution in [0.3, 0.4) is 0 Å². The van der Waals surface area contributed by atoms with Crippen molar-refractivity contribution in [2.45, 2.75) is 51.6 Å². The molecule has 3 rings (SSSR count). The number of rotatable bonds is 7. The maximum absolute atomic E-state index is 12.9. The molecule has 0 amide bonds. The largest absolute Gasteiger partial charge is 0.479 e. The minimum absolute atomic E-state index is 0.103. The van der Waals surface area contributed by atoms with Gasteiger partial charge in [0.15, 0.2) is 6.10 Å². The third-order valence-corrected chi connectivity index (χ3v) is 5.15. The van der Waals surface area contributed by atoms with E-state index in [0.29, 0.717) is 24.2 Å². The normalized spacial score (nSPS) is 15.3. The lowest BCUT2D eigenvalue weighted by atomic mass is 9.95. The molecule has 27 heavy (non-hydrogen) atoms. The van der Waals surface area contributed by atoms with Gasteiger partial charge in [-0.1, -0.05) is 29.8 Å². The molecule has 1 aromatic carbocycles. The zero-order chi connectivity index (χ0) is 19.4. The summed E-state index contributed by atoms with van der Waals surface area (Å²) in [6.07, 6.45) is 6.67. The highest BCUT2D eigenvalue weighted by molar-refractivity contribution is 5.72. The van der Waals surface area contributed by atoms with Crippen molar-refractivity contribution in [2.75, 3.05) is 0 Å². The number of nitrogens with zero attached hydrogens (tertiary/aromatic N) is 2. The van der Waals surface area contributed by atoms with Crippen LogP contribution < -0.4 is 10.3 Å². The van der Waals surface area contributed by atoms with Crippen molar-refractivity contribution in [3.8, 4) is 11.4 Å². The number of para-hydroxylation sites is 1. The van der Waals surface area contributed by atoms with Crippen LogP contribution in [-0.2, 0) is 11.8 Å². The Kier molecular flexibility index (Phi) is 5.84. The van der Waals surface area contributed by atoms with Crippen LogP contribution in [-0.4, -0.2) is 26.5 Å². The summed E-state index contributed by atoms with van der Waals surface area (Å²) in [5, 5.41) is 9.58. The molecule has 0 spiro atoms. The predicted octanol–water partition coefficient (Wildman–Crippen LogP) is 3.60. The van der Waals surface area contributed by atoms with Gasteiger partial charge in [-0.3, -0.25) is 9.48 Å². The molecule has 0 saturated carbocycles. The van der Waals surface area contributed by atoms with Gasteiger partial charge < -0.3 is 9.84 Å². The van der Waals surface area contributed by atoms with Crippen molar-refractivity contribution in [3.63, 3.8) is 0 Å². The molecule has 0 aliphatic heterocycles. The highest BCUT2D eigenvalue weighted by Gasteiger charge is 2.25. The van der Waals surface area contributed by atoms with E-state index in [9.17, 15) is 14.7 Å². The molecule has 1 heterocycles. The van der Waals surface area contributed by atoms with Gasteiger partial charge in [0.25, 0.3) is 0 Å². The smallest absolute Gasteiger partial charge is 0.344 e. The number of carbonyl (C=O) groups is 1. The van der Waals surface area contributed by atoms with Crippen molar-refractivity contribution >= 4 is 5.97 Å². The lowest BCUT2D eigenvalue weighted by Crippen LogP contribution is -2.29. The number of hydrogen-bond donors (Lipinski definition) is 1. The van der Waals surface area contributed by atoms with Gasteiger partial charge in [-0.2, -0.15) is 0 Å². The highest BCUT2D eigenvalue weighted by atomic mass is 16.5. The highest BCUT2D eigenvalue weighted by Crippen LogP contribution is 2.24. The Hall–Kier alpha value is -2.76. The van der Waals surface area contributed by atoms with Gasteiger partial charge >= 0.3 is 11.5 Å². The lowest BCUT2D eigenvalue weighted by Gasteiger charge is -2.17. The third kappa shape index (κ3) is 4.15. The molecular weight excluding hydrogens is 344 g/mol. The number of aromatic nitrogens is 2. The van der Waals surface area contributed by atoms with Crippen LogP contribution in [0.4, 0.5) is 0 Å². The molecule has 1 unspecified atom stereocenters. The van der Waals surface area contributed by atoms with Gasteiger partial charge in [0.1, 0.15) is 0 Å². The van der Waals surface area contributed by atoms with Crippen LogP contribution in [0.25, 0.3) is 5.69 Å². The van der Waals surface area contributed by atoms with Gasteiger partial charge in [0.05, 0.1) is 11.4 Å². The quantitative estimate of drug-likeness (QED) is 0.756. The van der Waals surface area contributed by atoms with E-state index < -0.39 is 12.1 Å². The first-order valence-corrected chi connectivity index (χ1v) is 9.40. The van der Waals surface area contributed by atoms with Gasteiger partial charge in [-0.05, 0) is 57.6 Å². The molecule has 0 radical (unpaired) electrons.